The number of anilines is 1. The van der Waals surface area contributed by atoms with Crippen molar-refractivity contribution in [1.82, 2.24) is 4.98 Å². The van der Waals surface area contributed by atoms with E-state index < -0.39 is 4.92 Å². The third-order valence-corrected chi connectivity index (χ3v) is 3.26. The topological polar surface area (TPSA) is 85.3 Å². The maximum absolute atomic E-state index is 10.9. The van der Waals surface area contributed by atoms with Gasteiger partial charge >= 0.3 is 5.69 Å². The highest BCUT2D eigenvalue weighted by molar-refractivity contribution is 5.62. The average molecular weight is 236 g/mol. The molecule has 6 heteroatoms. The van der Waals surface area contributed by atoms with E-state index in [1.54, 1.807) is 12.3 Å². The fourth-order valence-electron chi connectivity index (χ4n) is 2.14. The monoisotopic (exact) mass is 236 g/mol. The molecule has 1 aromatic heterocycles. The van der Waals surface area contributed by atoms with Gasteiger partial charge in [0.2, 0.25) is 0 Å². The predicted molar refractivity (Wildman–Crippen MR) is 64.9 cm³/mol. The Morgan fingerprint density at radius 3 is 2.94 bits per heavy atom. The predicted octanol–water partition coefficient (Wildman–Crippen LogP) is 1.16. The third-order valence-electron chi connectivity index (χ3n) is 3.26. The standard InChI is InChI=1S/C11H16N4O2/c1-14(10(6-12)8-2-3-8)9-4-5-13-7-11(9)15(16)17/h4-5,7-8,10H,2-3,6,12H2,1H3. The lowest BCUT2D eigenvalue weighted by Crippen LogP contribution is -2.40. The number of nitrogens with zero attached hydrogens (tertiary/aromatic N) is 3. The van der Waals surface area contributed by atoms with E-state index in [2.05, 4.69) is 4.98 Å². The third kappa shape index (κ3) is 2.36. The van der Waals surface area contributed by atoms with Gasteiger partial charge < -0.3 is 10.6 Å². The first-order valence-electron chi connectivity index (χ1n) is 5.66. The molecule has 0 radical (unpaired) electrons. The van der Waals surface area contributed by atoms with E-state index in [4.69, 9.17) is 5.73 Å². The van der Waals surface area contributed by atoms with Crippen LogP contribution in [0.5, 0.6) is 0 Å². The first kappa shape index (κ1) is 11.8. The van der Waals surface area contributed by atoms with Crippen LogP contribution in [0.15, 0.2) is 18.5 Å². The zero-order chi connectivity index (χ0) is 12.4. The van der Waals surface area contributed by atoms with Crippen molar-refractivity contribution in [3.05, 3.63) is 28.6 Å². The Bertz CT molecular complexity index is 420. The molecule has 0 aliphatic heterocycles. The molecule has 0 spiro atoms. The van der Waals surface area contributed by atoms with Crippen molar-refractivity contribution < 1.29 is 4.92 Å². The highest BCUT2D eigenvalue weighted by atomic mass is 16.6. The van der Waals surface area contributed by atoms with Gasteiger partial charge in [0, 0.05) is 25.8 Å². The van der Waals surface area contributed by atoms with Crippen molar-refractivity contribution in [1.29, 1.82) is 0 Å². The van der Waals surface area contributed by atoms with Crippen LogP contribution in [-0.2, 0) is 0 Å². The van der Waals surface area contributed by atoms with Gasteiger partial charge in [0.25, 0.3) is 0 Å². The lowest BCUT2D eigenvalue weighted by Gasteiger charge is -2.28. The molecular formula is C11H16N4O2. The smallest absolute Gasteiger partial charge is 0.310 e. The molecule has 2 N–H and O–H groups in total. The largest absolute Gasteiger partial charge is 0.364 e. The summed E-state index contributed by atoms with van der Waals surface area (Å²) in [5, 5.41) is 10.9. The molecule has 6 nitrogen and oxygen atoms in total. The number of aromatic nitrogens is 1. The Hall–Kier alpha value is -1.69. The molecular weight excluding hydrogens is 220 g/mol. The van der Waals surface area contributed by atoms with Gasteiger partial charge in [-0.2, -0.15) is 0 Å². The maximum Gasteiger partial charge on any atom is 0.310 e. The fourth-order valence-corrected chi connectivity index (χ4v) is 2.14. The first-order valence-corrected chi connectivity index (χ1v) is 5.66. The van der Waals surface area contributed by atoms with Crippen LogP contribution in [0.3, 0.4) is 0 Å². The number of hydrogen-bond acceptors (Lipinski definition) is 5. The van der Waals surface area contributed by atoms with E-state index >= 15 is 0 Å². The Morgan fingerprint density at radius 1 is 1.71 bits per heavy atom. The summed E-state index contributed by atoms with van der Waals surface area (Å²) in [4.78, 5) is 16.2. The van der Waals surface area contributed by atoms with Crippen LogP contribution in [-0.4, -0.2) is 29.5 Å². The van der Waals surface area contributed by atoms with Crippen molar-refractivity contribution in [2.24, 2.45) is 11.7 Å². The average Bonchev–Trinajstić information content (AvgIpc) is 3.14. The molecule has 1 heterocycles. The van der Waals surface area contributed by atoms with Gasteiger partial charge in [-0.3, -0.25) is 15.1 Å². The molecule has 0 saturated heterocycles. The van der Waals surface area contributed by atoms with Gasteiger partial charge in [-0.25, -0.2) is 0 Å². The van der Waals surface area contributed by atoms with E-state index in [1.165, 1.54) is 6.20 Å². The molecule has 1 aromatic rings. The Kier molecular flexibility index (Phi) is 3.23. The first-order chi connectivity index (χ1) is 8.15. The van der Waals surface area contributed by atoms with Crippen molar-refractivity contribution >= 4 is 11.4 Å². The van der Waals surface area contributed by atoms with Crippen LogP contribution >= 0.6 is 0 Å². The molecule has 0 amide bonds. The molecule has 1 fully saturated rings. The summed E-state index contributed by atoms with van der Waals surface area (Å²) in [6.07, 6.45) is 5.17. The summed E-state index contributed by atoms with van der Waals surface area (Å²) in [5.41, 5.74) is 6.38. The molecule has 0 aromatic carbocycles. The minimum absolute atomic E-state index is 0.0362. The molecule has 1 saturated carbocycles. The van der Waals surface area contributed by atoms with Gasteiger partial charge in [-0.05, 0) is 24.8 Å². The van der Waals surface area contributed by atoms with Crippen molar-refractivity contribution in [3.63, 3.8) is 0 Å². The second kappa shape index (κ2) is 4.67. The number of nitro groups is 1. The number of rotatable bonds is 5. The Balaban J connectivity index is 2.28. The molecule has 1 unspecified atom stereocenters. The number of hydrogen-bond donors (Lipinski definition) is 1. The van der Waals surface area contributed by atoms with Gasteiger partial charge in [-0.1, -0.05) is 0 Å². The lowest BCUT2D eigenvalue weighted by atomic mass is 10.1. The molecule has 1 aliphatic carbocycles. The van der Waals surface area contributed by atoms with Crippen molar-refractivity contribution in [3.8, 4) is 0 Å². The highest BCUT2D eigenvalue weighted by Gasteiger charge is 2.34. The van der Waals surface area contributed by atoms with Crippen LogP contribution < -0.4 is 10.6 Å². The molecule has 1 atom stereocenters. The molecule has 92 valence electrons. The zero-order valence-electron chi connectivity index (χ0n) is 9.74. The van der Waals surface area contributed by atoms with Crippen molar-refractivity contribution in [2.45, 2.75) is 18.9 Å². The van der Waals surface area contributed by atoms with E-state index in [0.29, 0.717) is 18.2 Å². The van der Waals surface area contributed by atoms with Crippen LogP contribution in [0.2, 0.25) is 0 Å². The maximum atomic E-state index is 10.9. The van der Waals surface area contributed by atoms with E-state index in [9.17, 15) is 10.1 Å². The Morgan fingerprint density at radius 2 is 2.41 bits per heavy atom. The summed E-state index contributed by atoms with van der Waals surface area (Å²) < 4.78 is 0. The molecule has 17 heavy (non-hydrogen) atoms. The summed E-state index contributed by atoms with van der Waals surface area (Å²) in [7, 11) is 1.86. The number of likely N-dealkylation sites (N-methyl/N-ethyl adjacent to an activating group) is 1. The minimum atomic E-state index is -0.403. The van der Waals surface area contributed by atoms with Gasteiger partial charge in [0.15, 0.2) is 0 Å². The fraction of sp³-hybridized carbons (Fsp3) is 0.545. The zero-order valence-corrected chi connectivity index (χ0v) is 9.74. The quantitative estimate of drug-likeness (QED) is 0.612. The van der Waals surface area contributed by atoms with E-state index in [-0.39, 0.29) is 11.7 Å². The molecule has 2 rings (SSSR count). The molecule has 0 bridgehead atoms. The van der Waals surface area contributed by atoms with Gasteiger partial charge in [-0.15, -0.1) is 0 Å². The minimum Gasteiger partial charge on any atom is -0.364 e. The van der Waals surface area contributed by atoms with Gasteiger partial charge in [0.1, 0.15) is 11.9 Å². The second-order valence-corrected chi connectivity index (χ2v) is 4.37. The van der Waals surface area contributed by atoms with Gasteiger partial charge in [0.05, 0.1) is 4.92 Å². The highest BCUT2D eigenvalue weighted by Crippen LogP contribution is 2.37. The van der Waals surface area contributed by atoms with E-state index in [0.717, 1.165) is 12.8 Å². The van der Waals surface area contributed by atoms with Crippen LogP contribution in [0.1, 0.15) is 12.8 Å². The van der Waals surface area contributed by atoms with Crippen LogP contribution in [0, 0.1) is 16.0 Å². The summed E-state index contributed by atoms with van der Waals surface area (Å²) >= 11 is 0. The SMILES string of the molecule is CN(c1ccncc1[N+](=O)[O-])C(CN)C1CC1. The summed E-state index contributed by atoms with van der Waals surface area (Å²) in [6, 6.07) is 1.85. The normalized spacial score (nSPS) is 16.6. The second-order valence-electron chi connectivity index (χ2n) is 4.37. The van der Waals surface area contributed by atoms with E-state index in [1.807, 2.05) is 11.9 Å². The number of nitrogens with two attached hydrogens (primary N) is 1. The van der Waals surface area contributed by atoms with Crippen LogP contribution in [0.4, 0.5) is 11.4 Å². The summed E-state index contributed by atoms with van der Waals surface area (Å²) in [6.45, 7) is 0.515. The van der Waals surface area contributed by atoms with Crippen molar-refractivity contribution in [2.75, 3.05) is 18.5 Å². The van der Waals surface area contributed by atoms with Crippen LogP contribution in [0.25, 0.3) is 0 Å². The molecule has 1 aliphatic rings. The number of pyridine rings is 1. The Labute approximate surface area is 99.6 Å². The summed E-state index contributed by atoms with van der Waals surface area (Å²) in [5.74, 6) is 0.567. The lowest BCUT2D eigenvalue weighted by molar-refractivity contribution is -0.384.